The van der Waals surface area contributed by atoms with Crippen molar-refractivity contribution < 1.29 is 19.1 Å². The minimum absolute atomic E-state index is 0.00860. The van der Waals surface area contributed by atoms with Crippen LogP contribution in [-0.2, 0) is 26.2 Å². The quantitative estimate of drug-likeness (QED) is 0.245. The summed E-state index contributed by atoms with van der Waals surface area (Å²) in [5.74, 6) is -1.06. The number of hydrogen-bond donors (Lipinski definition) is 3. The smallest absolute Gasteiger partial charge is 0.306 e. The number of carbonyl (C=O) groups excluding carboxylic acids is 3. The predicted octanol–water partition coefficient (Wildman–Crippen LogP) is 5.62. The summed E-state index contributed by atoms with van der Waals surface area (Å²) in [7, 11) is 0. The van der Waals surface area contributed by atoms with E-state index in [9.17, 15) is 14.4 Å². The van der Waals surface area contributed by atoms with E-state index in [-0.39, 0.29) is 35.9 Å². The van der Waals surface area contributed by atoms with Crippen molar-refractivity contribution in [2.75, 3.05) is 17.2 Å². The first-order chi connectivity index (χ1) is 18.1. The Morgan fingerprint density at radius 2 is 1.47 bits per heavy atom. The fourth-order valence-corrected chi connectivity index (χ4v) is 3.80. The maximum atomic E-state index is 12.7. The van der Waals surface area contributed by atoms with E-state index in [0.29, 0.717) is 23.4 Å². The summed E-state index contributed by atoms with van der Waals surface area (Å²) in [5, 5.41) is 8.44. The molecule has 2 amide bonds. The van der Waals surface area contributed by atoms with E-state index in [4.69, 9.17) is 17.0 Å². The van der Waals surface area contributed by atoms with Gasteiger partial charge in [-0.05, 0) is 59.1 Å². The normalized spacial score (nSPS) is 10.8. The van der Waals surface area contributed by atoms with E-state index >= 15 is 0 Å². The monoisotopic (exact) mass is 531 g/mol. The number of benzene rings is 3. The Kier molecular flexibility index (Phi) is 10.1. The van der Waals surface area contributed by atoms with Gasteiger partial charge in [0.15, 0.2) is 5.11 Å². The van der Waals surface area contributed by atoms with E-state index in [1.54, 1.807) is 24.3 Å². The van der Waals surface area contributed by atoms with Crippen LogP contribution in [0, 0.1) is 0 Å². The summed E-state index contributed by atoms with van der Waals surface area (Å²) in [5.41, 5.74) is 3.96. The molecule has 0 bridgehead atoms. The molecule has 0 aromatic heterocycles. The zero-order chi connectivity index (χ0) is 27.5. The van der Waals surface area contributed by atoms with E-state index in [1.807, 2.05) is 54.6 Å². The van der Waals surface area contributed by atoms with Crippen molar-refractivity contribution in [1.82, 2.24) is 5.32 Å². The lowest BCUT2D eigenvalue weighted by Crippen LogP contribution is -2.34. The molecular weight excluding hydrogens is 498 g/mol. The molecule has 0 atom stereocenters. The van der Waals surface area contributed by atoms with Crippen LogP contribution in [0.15, 0.2) is 78.9 Å². The molecule has 0 spiro atoms. The maximum absolute atomic E-state index is 12.7. The van der Waals surface area contributed by atoms with Gasteiger partial charge in [0.2, 0.25) is 5.91 Å². The Labute approximate surface area is 229 Å². The number of amides is 2. The number of ether oxygens (including phenoxy) is 1. The molecule has 3 N–H and O–H groups in total. The molecule has 0 aliphatic heterocycles. The molecule has 3 rings (SSSR count). The first-order valence-electron chi connectivity index (χ1n) is 12.4. The van der Waals surface area contributed by atoms with Gasteiger partial charge in [-0.15, -0.1) is 0 Å². The third kappa shape index (κ3) is 9.44. The summed E-state index contributed by atoms with van der Waals surface area (Å²) < 4.78 is 5.19. The third-order valence-corrected chi connectivity index (χ3v) is 5.90. The number of hydrogen-bond acceptors (Lipinski definition) is 5. The number of nitrogens with one attached hydrogen (secondary N) is 3. The van der Waals surface area contributed by atoms with Crippen LogP contribution in [0.3, 0.4) is 0 Å². The second-order valence-corrected chi connectivity index (χ2v) is 10.2. The molecule has 38 heavy (non-hydrogen) atoms. The van der Waals surface area contributed by atoms with E-state index in [0.717, 1.165) is 11.1 Å². The molecule has 0 aliphatic carbocycles. The largest absolute Gasteiger partial charge is 0.465 e. The van der Waals surface area contributed by atoms with E-state index in [1.165, 1.54) is 0 Å². The number of anilines is 2. The molecule has 0 saturated carbocycles. The van der Waals surface area contributed by atoms with Gasteiger partial charge in [0, 0.05) is 29.8 Å². The van der Waals surface area contributed by atoms with Gasteiger partial charge in [0.25, 0.3) is 5.91 Å². The van der Waals surface area contributed by atoms with Gasteiger partial charge >= 0.3 is 5.97 Å². The summed E-state index contributed by atoms with van der Waals surface area (Å²) in [6.07, 6.45) is 0.535. The van der Waals surface area contributed by atoms with Crippen LogP contribution >= 0.6 is 12.2 Å². The Morgan fingerprint density at radius 1 is 0.816 bits per heavy atom. The van der Waals surface area contributed by atoms with Gasteiger partial charge in [-0.25, -0.2) is 0 Å². The predicted molar refractivity (Wildman–Crippen MR) is 154 cm³/mol. The topological polar surface area (TPSA) is 96.5 Å². The zero-order valence-electron chi connectivity index (χ0n) is 21.9. The van der Waals surface area contributed by atoms with Crippen LogP contribution in [0.4, 0.5) is 11.4 Å². The average Bonchev–Trinajstić information content (AvgIpc) is 2.88. The second kappa shape index (κ2) is 13.5. The van der Waals surface area contributed by atoms with Crippen molar-refractivity contribution in [2.24, 2.45) is 0 Å². The SMILES string of the molecule is CC(C)(C)c1ccc(C(=O)Nc2cccc(NC(=S)NC(=O)CCC(=O)OCCc3ccccc3)c2)cc1. The highest BCUT2D eigenvalue weighted by Gasteiger charge is 2.15. The summed E-state index contributed by atoms with van der Waals surface area (Å²) in [6.45, 7) is 6.63. The molecule has 0 saturated heterocycles. The highest BCUT2D eigenvalue weighted by atomic mass is 32.1. The molecule has 198 valence electrons. The Balaban J connectivity index is 1.41. The average molecular weight is 532 g/mol. The Morgan fingerprint density at radius 3 is 2.13 bits per heavy atom. The Hall–Kier alpha value is -4.04. The van der Waals surface area contributed by atoms with Crippen LogP contribution < -0.4 is 16.0 Å². The molecule has 0 radical (unpaired) electrons. The first-order valence-corrected chi connectivity index (χ1v) is 12.8. The first kappa shape index (κ1) is 28.5. The van der Waals surface area contributed by atoms with Crippen molar-refractivity contribution in [3.05, 3.63) is 95.6 Å². The maximum Gasteiger partial charge on any atom is 0.306 e. The van der Waals surface area contributed by atoms with Crippen LogP contribution in [0.25, 0.3) is 0 Å². The van der Waals surface area contributed by atoms with Gasteiger partial charge in [0.1, 0.15) is 0 Å². The summed E-state index contributed by atoms with van der Waals surface area (Å²) in [6, 6.07) is 24.2. The molecule has 0 fully saturated rings. The van der Waals surface area contributed by atoms with Crippen LogP contribution in [0.1, 0.15) is 55.1 Å². The van der Waals surface area contributed by atoms with Crippen LogP contribution in [0.2, 0.25) is 0 Å². The highest BCUT2D eigenvalue weighted by Crippen LogP contribution is 2.23. The Bertz CT molecular complexity index is 1270. The third-order valence-electron chi connectivity index (χ3n) is 5.70. The van der Waals surface area contributed by atoms with Crippen molar-refractivity contribution in [3.8, 4) is 0 Å². The van der Waals surface area contributed by atoms with Gasteiger partial charge in [0.05, 0.1) is 13.0 Å². The van der Waals surface area contributed by atoms with E-state index < -0.39 is 11.9 Å². The number of thiocarbonyl (C=S) groups is 1. The standard InChI is InChI=1S/C30H33N3O4S/c1-30(2,3)23-14-12-22(13-15-23)28(36)31-24-10-7-11-25(20-24)32-29(38)33-26(34)16-17-27(35)37-19-18-21-8-5-4-6-9-21/h4-15,20H,16-19H2,1-3H3,(H,31,36)(H2,32,33,34,38). The van der Waals surface area contributed by atoms with Gasteiger partial charge in [-0.1, -0.05) is 69.3 Å². The lowest BCUT2D eigenvalue weighted by molar-refractivity contribution is -0.144. The lowest BCUT2D eigenvalue weighted by atomic mass is 9.87. The fourth-order valence-electron chi connectivity index (χ4n) is 3.57. The molecule has 8 heteroatoms. The molecule has 3 aromatic carbocycles. The molecule has 0 heterocycles. The minimum atomic E-state index is -0.438. The van der Waals surface area contributed by atoms with Gasteiger partial charge in [-0.3, -0.25) is 14.4 Å². The van der Waals surface area contributed by atoms with E-state index in [2.05, 4.69) is 36.7 Å². The molecule has 7 nitrogen and oxygen atoms in total. The second-order valence-electron chi connectivity index (χ2n) is 9.82. The van der Waals surface area contributed by atoms with Gasteiger partial charge < -0.3 is 20.7 Å². The fraction of sp³-hybridized carbons (Fsp3) is 0.267. The zero-order valence-corrected chi connectivity index (χ0v) is 22.7. The summed E-state index contributed by atoms with van der Waals surface area (Å²) in [4.78, 5) is 36.8. The van der Waals surface area contributed by atoms with Crippen LogP contribution in [0.5, 0.6) is 0 Å². The van der Waals surface area contributed by atoms with Crippen molar-refractivity contribution in [1.29, 1.82) is 0 Å². The molecule has 0 aliphatic rings. The molecule has 3 aromatic rings. The molecule has 0 unspecified atom stereocenters. The number of carbonyl (C=O) groups is 3. The summed E-state index contributed by atoms with van der Waals surface area (Å²) >= 11 is 5.22. The number of rotatable bonds is 9. The minimum Gasteiger partial charge on any atom is -0.465 e. The van der Waals surface area contributed by atoms with Crippen LogP contribution in [-0.4, -0.2) is 29.5 Å². The van der Waals surface area contributed by atoms with Crippen molar-refractivity contribution in [3.63, 3.8) is 0 Å². The highest BCUT2D eigenvalue weighted by molar-refractivity contribution is 7.80. The van der Waals surface area contributed by atoms with Gasteiger partial charge in [-0.2, -0.15) is 0 Å². The molecular formula is C30H33N3O4S. The lowest BCUT2D eigenvalue weighted by Gasteiger charge is -2.19. The van der Waals surface area contributed by atoms with Crippen molar-refractivity contribution in [2.45, 2.75) is 45.4 Å². The number of esters is 1. The van der Waals surface area contributed by atoms with Crippen molar-refractivity contribution >= 4 is 46.5 Å².